The molecule has 0 aliphatic heterocycles. The van der Waals surface area contributed by atoms with E-state index in [0.717, 1.165) is 21.0 Å². The fourth-order valence-electron chi connectivity index (χ4n) is 1.70. The summed E-state index contributed by atoms with van der Waals surface area (Å²) in [5.41, 5.74) is 0.914. The van der Waals surface area contributed by atoms with Gasteiger partial charge in [-0.2, -0.15) is 0 Å². The van der Waals surface area contributed by atoms with Gasteiger partial charge in [0.25, 0.3) is 5.56 Å². The quantitative estimate of drug-likeness (QED) is 0.640. The van der Waals surface area contributed by atoms with Gasteiger partial charge in [-0.3, -0.25) is 4.79 Å². The number of halogens is 1. The van der Waals surface area contributed by atoms with Gasteiger partial charge < -0.3 is 4.98 Å². The molecule has 76 valence electrons. The molecule has 3 rings (SSSR count). The number of nitrogens with one attached hydrogen (secondary N) is 1. The van der Waals surface area contributed by atoms with E-state index in [9.17, 15) is 4.79 Å². The lowest BCUT2D eigenvalue weighted by Crippen LogP contribution is -2.03. The van der Waals surface area contributed by atoms with Crippen LogP contribution in [0.15, 0.2) is 40.5 Å². The Labute approximate surface area is 96.0 Å². The molecule has 0 unspecified atom stereocenters. The number of H-pyrrole nitrogens is 1. The molecular weight excluding hydrogens is 230 g/mol. The molecule has 1 N–H and O–H groups in total. The molecule has 0 fully saturated rings. The number of rotatable bonds is 0. The van der Waals surface area contributed by atoms with Crippen molar-refractivity contribution in [2.75, 3.05) is 0 Å². The molecule has 0 atom stereocenters. The SMILES string of the molecule is Cl.O=c1[nH]c2ccccc2c2ccsc12. The summed E-state index contributed by atoms with van der Waals surface area (Å²) in [6.45, 7) is 0. The number of para-hydroxylation sites is 1. The van der Waals surface area contributed by atoms with Crippen LogP contribution in [0, 0.1) is 0 Å². The van der Waals surface area contributed by atoms with Crippen LogP contribution in [0.3, 0.4) is 0 Å². The summed E-state index contributed by atoms with van der Waals surface area (Å²) in [6.07, 6.45) is 0. The van der Waals surface area contributed by atoms with Crippen LogP contribution in [-0.2, 0) is 0 Å². The second-order valence-electron chi connectivity index (χ2n) is 3.16. The van der Waals surface area contributed by atoms with Gasteiger partial charge in [0.1, 0.15) is 4.70 Å². The largest absolute Gasteiger partial charge is 0.321 e. The van der Waals surface area contributed by atoms with Crippen LogP contribution < -0.4 is 5.56 Å². The molecule has 4 heteroatoms. The van der Waals surface area contributed by atoms with E-state index in [1.807, 2.05) is 35.7 Å². The highest BCUT2D eigenvalue weighted by Gasteiger charge is 2.04. The van der Waals surface area contributed by atoms with Gasteiger partial charge in [0.05, 0.1) is 0 Å². The number of benzene rings is 1. The van der Waals surface area contributed by atoms with E-state index in [-0.39, 0.29) is 18.0 Å². The Morgan fingerprint density at radius 1 is 1.07 bits per heavy atom. The second kappa shape index (κ2) is 3.68. The maximum absolute atomic E-state index is 11.6. The standard InChI is InChI=1S/C11H7NOS.ClH/c13-11-10-8(5-6-14-10)7-3-1-2-4-9(7)12-11;/h1-6H,(H,12,13);1H. The summed E-state index contributed by atoms with van der Waals surface area (Å²) in [6, 6.07) is 9.86. The van der Waals surface area contributed by atoms with Gasteiger partial charge in [-0.25, -0.2) is 0 Å². The van der Waals surface area contributed by atoms with Crippen molar-refractivity contribution >= 4 is 44.7 Å². The van der Waals surface area contributed by atoms with E-state index in [0.29, 0.717) is 0 Å². The third kappa shape index (κ3) is 1.44. The summed E-state index contributed by atoms with van der Waals surface area (Å²) >= 11 is 1.49. The Morgan fingerprint density at radius 2 is 1.87 bits per heavy atom. The number of pyridine rings is 1. The molecule has 0 saturated heterocycles. The van der Waals surface area contributed by atoms with Crippen molar-refractivity contribution in [3.05, 3.63) is 46.1 Å². The van der Waals surface area contributed by atoms with E-state index in [2.05, 4.69) is 4.98 Å². The second-order valence-corrected chi connectivity index (χ2v) is 4.08. The van der Waals surface area contributed by atoms with E-state index in [1.165, 1.54) is 11.3 Å². The lowest BCUT2D eigenvalue weighted by molar-refractivity contribution is 1.36. The third-order valence-electron chi connectivity index (χ3n) is 2.34. The summed E-state index contributed by atoms with van der Waals surface area (Å²) in [7, 11) is 0. The minimum atomic E-state index is 0. The Balaban J connectivity index is 0.000000853. The van der Waals surface area contributed by atoms with Gasteiger partial charge >= 0.3 is 0 Å². The van der Waals surface area contributed by atoms with Crippen LogP contribution in [0.1, 0.15) is 0 Å². The zero-order valence-corrected chi connectivity index (χ0v) is 9.32. The number of aromatic amines is 1. The van der Waals surface area contributed by atoms with Gasteiger partial charge in [-0.1, -0.05) is 18.2 Å². The molecule has 3 aromatic rings. The number of hydrogen-bond donors (Lipinski definition) is 1. The smallest absolute Gasteiger partial charge is 0.266 e. The average Bonchev–Trinajstić information content (AvgIpc) is 2.67. The van der Waals surface area contributed by atoms with Crippen LogP contribution in [0.2, 0.25) is 0 Å². The summed E-state index contributed by atoms with van der Waals surface area (Å²) in [4.78, 5) is 14.5. The van der Waals surface area contributed by atoms with Crippen molar-refractivity contribution in [2.45, 2.75) is 0 Å². The van der Waals surface area contributed by atoms with E-state index in [1.54, 1.807) is 0 Å². The number of hydrogen-bond acceptors (Lipinski definition) is 2. The first-order valence-corrected chi connectivity index (χ1v) is 5.22. The lowest BCUT2D eigenvalue weighted by Gasteiger charge is -1.97. The molecule has 2 heterocycles. The van der Waals surface area contributed by atoms with Gasteiger partial charge in [-0.05, 0) is 17.5 Å². The first kappa shape index (κ1) is 10.2. The van der Waals surface area contributed by atoms with E-state index < -0.39 is 0 Å². The van der Waals surface area contributed by atoms with Crippen LogP contribution >= 0.6 is 23.7 Å². The predicted molar refractivity (Wildman–Crippen MR) is 67.2 cm³/mol. The van der Waals surface area contributed by atoms with Crippen molar-refractivity contribution < 1.29 is 0 Å². The topological polar surface area (TPSA) is 32.9 Å². The molecule has 0 aliphatic carbocycles. The highest BCUT2D eigenvalue weighted by atomic mass is 35.5. The fourth-order valence-corrected chi connectivity index (χ4v) is 2.51. The van der Waals surface area contributed by atoms with Crippen LogP contribution in [0.25, 0.3) is 21.0 Å². The van der Waals surface area contributed by atoms with Gasteiger partial charge in [0.15, 0.2) is 0 Å². The number of thiophene rings is 1. The van der Waals surface area contributed by atoms with Crippen LogP contribution in [0.4, 0.5) is 0 Å². The van der Waals surface area contributed by atoms with Crippen molar-refractivity contribution in [1.82, 2.24) is 4.98 Å². The Morgan fingerprint density at radius 3 is 2.73 bits per heavy atom. The molecule has 0 spiro atoms. The molecule has 0 radical (unpaired) electrons. The maximum atomic E-state index is 11.6. The molecule has 2 nitrogen and oxygen atoms in total. The summed E-state index contributed by atoms with van der Waals surface area (Å²) in [5, 5.41) is 4.12. The summed E-state index contributed by atoms with van der Waals surface area (Å²) < 4.78 is 0.809. The van der Waals surface area contributed by atoms with E-state index in [4.69, 9.17) is 0 Å². The normalized spacial score (nSPS) is 10.4. The van der Waals surface area contributed by atoms with Crippen molar-refractivity contribution in [3.8, 4) is 0 Å². The first-order chi connectivity index (χ1) is 6.86. The molecule has 1 aromatic carbocycles. The summed E-state index contributed by atoms with van der Waals surface area (Å²) in [5.74, 6) is 0. The fraction of sp³-hybridized carbons (Fsp3) is 0. The Kier molecular flexibility index (Phi) is 2.50. The highest BCUT2D eigenvalue weighted by molar-refractivity contribution is 7.17. The Hall–Kier alpha value is -1.32. The minimum Gasteiger partial charge on any atom is -0.321 e. The monoisotopic (exact) mass is 237 g/mol. The molecule has 0 bridgehead atoms. The van der Waals surface area contributed by atoms with Crippen molar-refractivity contribution in [1.29, 1.82) is 0 Å². The molecule has 2 aromatic heterocycles. The molecule has 0 amide bonds. The zero-order chi connectivity index (χ0) is 9.54. The number of fused-ring (bicyclic) bond motifs is 3. The first-order valence-electron chi connectivity index (χ1n) is 4.34. The predicted octanol–water partition coefficient (Wildman–Crippen LogP) is 3.16. The average molecular weight is 238 g/mol. The van der Waals surface area contributed by atoms with Crippen LogP contribution in [0.5, 0.6) is 0 Å². The highest BCUT2D eigenvalue weighted by Crippen LogP contribution is 2.24. The Bertz CT molecular complexity index is 671. The number of aromatic nitrogens is 1. The lowest BCUT2D eigenvalue weighted by atomic mass is 10.1. The van der Waals surface area contributed by atoms with E-state index >= 15 is 0 Å². The van der Waals surface area contributed by atoms with Gasteiger partial charge in [-0.15, -0.1) is 23.7 Å². The van der Waals surface area contributed by atoms with Crippen molar-refractivity contribution in [2.24, 2.45) is 0 Å². The zero-order valence-electron chi connectivity index (χ0n) is 7.69. The van der Waals surface area contributed by atoms with Gasteiger partial charge in [0, 0.05) is 16.3 Å². The maximum Gasteiger partial charge on any atom is 0.266 e. The minimum absolute atomic E-state index is 0. The van der Waals surface area contributed by atoms with Crippen LogP contribution in [-0.4, -0.2) is 4.98 Å². The molecule has 0 saturated carbocycles. The third-order valence-corrected chi connectivity index (χ3v) is 3.25. The van der Waals surface area contributed by atoms with Crippen molar-refractivity contribution in [3.63, 3.8) is 0 Å². The van der Waals surface area contributed by atoms with Gasteiger partial charge in [0.2, 0.25) is 0 Å². The molecule has 0 aliphatic rings. The molecule has 15 heavy (non-hydrogen) atoms. The molecular formula is C11H8ClNOS.